The summed E-state index contributed by atoms with van der Waals surface area (Å²) in [7, 11) is -4.18. The number of rotatable bonds is 2. The zero-order chi connectivity index (χ0) is 21.5. The smallest absolute Gasteiger partial charge is 0.418 e. The standard InChI is InChI=1S/C17H24F3N3O4S/c1-11-10-22(7-8-23(11)15(24)27-16(2,3)4)28(25,26)12-5-6-14(21)13(9-12)17(18,19)20/h5-6,9,11H,7-8,10,21H2,1-4H3/t11-/m0/s1. The van der Waals surface area contributed by atoms with Crippen LogP contribution in [-0.4, -0.2) is 55.0 Å². The number of halogens is 3. The molecule has 0 radical (unpaired) electrons. The van der Waals surface area contributed by atoms with Crippen molar-refractivity contribution >= 4 is 21.8 Å². The molecule has 0 bridgehead atoms. The molecule has 28 heavy (non-hydrogen) atoms. The van der Waals surface area contributed by atoms with Crippen molar-refractivity contribution in [2.24, 2.45) is 0 Å². The molecule has 1 saturated heterocycles. The van der Waals surface area contributed by atoms with E-state index in [9.17, 15) is 26.4 Å². The Labute approximate surface area is 162 Å². The van der Waals surface area contributed by atoms with Crippen molar-refractivity contribution in [3.63, 3.8) is 0 Å². The van der Waals surface area contributed by atoms with Gasteiger partial charge in [0.05, 0.1) is 10.5 Å². The fourth-order valence-corrected chi connectivity index (χ4v) is 4.36. The molecule has 158 valence electrons. The van der Waals surface area contributed by atoms with E-state index in [1.54, 1.807) is 27.7 Å². The van der Waals surface area contributed by atoms with E-state index in [4.69, 9.17) is 10.5 Å². The van der Waals surface area contributed by atoms with E-state index in [-0.39, 0.29) is 19.6 Å². The van der Waals surface area contributed by atoms with Gasteiger partial charge in [0.2, 0.25) is 10.0 Å². The van der Waals surface area contributed by atoms with Crippen molar-refractivity contribution < 1.29 is 31.1 Å². The van der Waals surface area contributed by atoms with Crippen LogP contribution >= 0.6 is 0 Å². The lowest BCUT2D eigenvalue weighted by Crippen LogP contribution is -2.56. The minimum absolute atomic E-state index is 0.0579. The fourth-order valence-electron chi connectivity index (χ4n) is 2.82. The molecular weight excluding hydrogens is 399 g/mol. The number of nitrogens with zero attached hydrogens (tertiary/aromatic N) is 2. The first kappa shape index (κ1) is 22.3. The Morgan fingerprint density at radius 2 is 1.82 bits per heavy atom. The highest BCUT2D eigenvalue weighted by Crippen LogP contribution is 2.35. The van der Waals surface area contributed by atoms with E-state index in [1.165, 1.54) is 4.90 Å². The molecule has 2 rings (SSSR count). The normalized spacial score (nSPS) is 19.5. The summed E-state index contributed by atoms with van der Waals surface area (Å²) >= 11 is 0. The summed E-state index contributed by atoms with van der Waals surface area (Å²) in [5.41, 5.74) is 2.89. The van der Waals surface area contributed by atoms with Gasteiger partial charge in [-0.3, -0.25) is 0 Å². The molecular formula is C17H24F3N3O4S. The van der Waals surface area contributed by atoms with Gasteiger partial charge in [-0.25, -0.2) is 13.2 Å². The summed E-state index contributed by atoms with van der Waals surface area (Å²) in [6.07, 6.45) is -5.33. The summed E-state index contributed by atoms with van der Waals surface area (Å²) < 4.78 is 71.1. The van der Waals surface area contributed by atoms with Gasteiger partial charge in [-0.1, -0.05) is 0 Å². The number of piperazine rings is 1. The second-order valence-corrected chi connectivity index (χ2v) is 9.57. The van der Waals surface area contributed by atoms with E-state index in [0.717, 1.165) is 16.4 Å². The van der Waals surface area contributed by atoms with Crippen molar-refractivity contribution in [3.05, 3.63) is 23.8 Å². The number of alkyl halides is 3. The zero-order valence-corrected chi connectivity index (χ0v) is 16.9. The highest BCUT2D eigenvalue weighted by Gasteiger charge is 2.38. The number of nitrogens with two attached hydrogens (primary N) is 1. The first-order valence-electron chi connectivity index (χ1n) is 8.59. The van der Waals surface area contributed by atoms with Gasteiger partial charge in [0, 0.05) is 31.4 Å². The minimum atomic E-state index is -4.77. The SMILES string of the molecule is C[C@H]1CN(S(=O)(=O)c2ccc(N)c(C(F)(F)F)c2)CCN1C(=O)OC(C)(C)C. The van der Waals surface area contributed by atoms with Crippen LogP contribution in [-0.2, 0) is 20.9 Å². The lowest BCUT2D eigenvalue weighted by Gasteiger charge is -2.39. The molecule has 1 atom stereocenters. The summed E-state index contributed by atoms with van der Waals surface area (Å²) in [6.45, 7) is 6.75. The van der Waals surface area contributed by atoms with Gasteiger partial charge in [0.15, 0.2) is 0 Å². The Morgan fingerprint density at radius 1 is 1.21 bits per heavy atom. The Kier molecular flexibility index (Phi) is 5.91. The average molecular weight is 423 g/mol. The topological polar surface area (TPSA) is 92.9 Å². The number of benzene rings is 1. The molecule has 1 heterocycles. The second-order valence-electron chi connectivity index (χ2n) is 7.63. The van der Waals surface area contributed by atoms with E-state index >= 15 is 0 Å². The van der Waals surface area contributed by atoms with E-state index < -0.39 is 50.1 Å². The van der Waals surface area contributed by atoms with E-state index in [0.29, 0.717) is 6.07 Å². The Morgan fingerprint density at radius 3 is 2.32 bits per heavy atom. The van der Waals surface area contributed by atoms with Crippen LogP contribution in [0.4, 0.5) is 23.7 Å². The predicted octanol–water partition coefficient (Wildman–Crippen LogP) is 2.92. The zero-order valence-electron chi connectivity index (χ0n) is 16.1. The highest BCUT2D eigenvalue weighted by atomic mass is 32.2. The van der Waals surface area contributed by atoms with Crippen LogP contribution in [0.1, 0.15) is 33.3 Å². The maximum atomic E-state index is 13.1. The average Bonchev–Trinajstić information content (AvgIpc) is 2.52. The van der Waals surface area contributed by atoms with Crippen LogP contribution in [0.25, 0.3) is 0 Å². The molecule has 1 aromatic rings. The van der Waals surface area contributed by atoms with Crippen molar-refractivity contribution in [2.45, 2.75) is 50.4 Å². The molecule has 0 spiro atoms. The van der Waals surface area contributed by atoms with Crippen LogP contribution in [0, 0.1) is 0 Å². The van der Waals surface area contributed by atoms with Gasteiger partial charge in [-0.2, -0.15) is 17.5 Å². The highest BCUT2D eigenvalue weighted by molar-refractivity contribution is 7.89. The third-order valence-electron chi connectivity index (χ3n) is 4.19. The number of carbonyl (C=O) groups is 1. The molecule has 0 aliphatic carbocycles. The van der Waals surface area contributed by atoms with Crippen molar-refractivity contribution in [1.82, 2.24) is 9.21 Å². The van der Waals surface area contributed by atoms with Gasteiger partial charge >= 0.3 is 12.3 Å². The first-order chi connectivity index (χ1) is 12.6. The monoisotopic (exact) mass is 423 g/mol. The predicted molar refractivity (Wildman–Crippen MR) is 97.0 cm³/mol. The largest absolute Gasteiger partial charge is 0.444 e. The minimum Gasteiger partial charge on any atom is -0.444 e. The van der Waals surface area contributed by atoms with Gasteiger partial charge < -0.3 is 15.4 Å². The number of hydrogen-bond donors (Lipinski definition) is 1. The number of amides is 1. The van der Waals surface area contributed by atoms with Crippen molar-refractivity contribution in [3.8, 4) is 0 Å². The van der Waals surface area contributed by atoms with E-state index in [1.807, 2.05) is 0 Å². The number of nitrogen functional groups attached to an aromatic ring is 1. The fraction of sp³-hybridized carbons (Fsp3) is 0.588. The number of ether oxygens (including phenoxy) is 1. The Hall–Kier alpha value is -2.01. The van der Waals surface area contributed by atoms with Gasteiger partial charge in [-0.15, -0.1) is 0 Å². The number of sulfonamides is 1. The number of hydrogen-bond acceptors (Lipinski definition) is 5. The van der Waals surface area contributed by atoms with Crippen LogP contribution in [0.2, 0.25) is 0 Å². The third-order valence-corrected chi connectivity index (χ3v) is 6.05. The maximum absolute atomic E-state index is 13.1. The molecule has 1 fully saturated rings. The van der Waals surface area contributed by atoms with Crippen LogP contribution in [0.15, 0.2) is 23.1 Å². The lowest BCUT2D eigenvalue weighted by atomic mass is 10.2. The Bertz CT molecular complexity index is 850. The Balaban J connectivity index is 2.22. The molecule has 0 unspecified atom stereocenters. The van der Waals surface area contributed by atoms with Gasteiger partial charge in [0.25, 0.3) is 0 Å². The molecule has 11 heteroatoms. The van der Waals surface area contributed by atoms with Crippen molar-refractivity contribution in [2.75, 3.05) is 25.4 Å². The molecule has 1 aliphatic heterocycles. The molecule has 0 saturated carbocycles. The molecule has 0 aromatic heterocycles. The molecule has 1 aliphatic rings. The summed E-state index contributed by atoms with van der Waals surface area (Å²) in [6, 6.07) is 2.01. The van der Waals surface area contributed by atoms with Crippen LogP contribution in [0.5, 0.6) is 0 Å². The summed E-state index contributed by atoms with van der Waals surface area (Å²) in [5.74, 6) is 0. The quantitative estimate of drug-likeness (QED) is 0.739. The summed E-state index contributed by atoms with van der Waals surface area (Å²) in [5, 5.41) is 0. The first-order valence-corrected chi connectivity index (χ1v) is 10.0. The van der Waals surface area contributed by atoms with Gasteiger partial charge in [-0.05, 0) is 45.9 Å². The van der Waals surface area contributed by atoms with E-state index in [2.05, 4.69) is 0 Å². The second kappa shape index (κ2) is 7.43. The number of carbonyl (C=O) groups excluding carboxylic acids is 1. The lowest BCUT2D eigenvalue weighted by molar-refractivity contribution is -0.137. The van der Waals surface area contributed by atoms with Crippen LogP contribution < -0.4 is 5.73 Å². The summed E-state index contributed by atoms with van der Waals surface area (Å²) in [4.78, 5) is 13.2. The van der Waals surface area contributed by atoms with Crippen molar-refractivity contribution in [1.29, 1.82) is 0 Å². The number of anilines is 1. The molecule has 1 aromatic carbocycles. The molecule has 7 nitrogen and oxygen atoms in total. The maximum Gasteiger partial charge on any atom is 0.418 e. The molecule has 2 N–H and O–H groups in total. The molecule has 1 amide bonds. The van der Waals surface area contributed by atoms with Gasteiger partial charge in [0.1, 0.15) is 5.60 Å². The third kappa shape index (κ3) is 4.88. The van der Waals surface area contributed by atoms with Crippen LogP contribution in [0.3, 0.4) is 0 Å².